The van der Waals surface area contributed by atoms with Gasteiger partial charge in [-0.3, -0.25) is 0 Å². The van der Waals surface area contributed by atoms with E-state index in [2.05, 4.69) is 28.3 Å². The second kappa shape index (κ2) is 6.71. The number of aryl methyl sites for hydroxylation is 2. The normalized spacial score (nSPS) is 10.0. The lowest BCUT2D eigenvalue weighted by molar-refractivity contribution is 0.455. The maximum absolute atomic E-state index is 8.97. The summed E-state index contributed by atoms with van der Waals surface area (Å²) in [5.74, 6) is 2.58. The van der Waals surface area contributed by atoms with E-state index in [1.165, 1.54) is 0 Å². The van der Waals surface area contributed by atoms with E-state index in [0.29, 0.717) is 17.2 Å². The number of aromatic nitrogens is 2. The van der Waals surface area contributed by atoms with Gasteiger partial charge in [-0.1, -0.05) is 13.0 Å². The maximum atomic E-state index is 8.97. The molecular formula is C16H18N4O. The van der Waals surface area contributed by atoms with E-state index >= 15 is 0 Å². The van der Waals surface area contributed by atoms with Crippen LogP contribution in [0.4, 0.5) is 5.82 Å². The zero-order valence-electron chi connectivity index (χ0n) is 12.5. The van der Waals surface area contributed by atoms with Crippen molar-refractivity contribution in [2.75, 3.05) is 12.4 Å². The van der Waals surface area contributed by atoms with Gasteiger partial charge in [-0.05, 0) is 31.0 Å². The second-order valence-electron chi connectivity index (χ2n) is 4.70. The zero-order chi connectivity index (χ0) is 15.2. The monoisotopic (exact) mass is 282 g/mol. The Morgan fingerprint density at radius 2 is 2.10 bits per heavy atom. The van der Waals surface area contributed by atoms with Crippen LogP contribution < -0.4 is 10.1 Å². The third kappa shape index (κ3) is 3.69. The van der Waals surface area contributed by atoms with Crippen LogP contribution in [-0.4, -0.2) is 17.0 Å². The lowest BCUT2D eigenvalue weighted by Gasteiger charge is -2.10. The van der Waals surface area contributed by atoms with Crippen LogP contribution in [0.2, 0.25) is 0 Å². The number of hydrogen-bond acceptors (Lipinski definition) is 5. The molecule has 0 aliphatic rings. The molecular weight excluding hydrogens is 264 g/mol. The summed E-state index contributed by atoms with van der Waals surface area (Å²) in [6.07, 6.45) is 1.76. The predicted octanol–water partition coefficient (Wildman–Crippen LogP) is 3.44. The second-order valence-corrected chi connectivity index (χ2v) is 4.70. The van der Waals surface area contributed by atoms with E-state index in [9.17, 15) is 0 Å². The highest BCUT2D eigenvalue weighted by atomic mass is 16.5. The van der Waals surface area contributed by atoms with Crippen LogP contribution in [0.25, 0.3) is 0 Å². The molecule has 0 amide bonds. The molecule has 0 atom stereocenters. The van der Waals surface area contributed by atoms with Crippen LogP contribution in [-0.2, 0) is 6.42 Å². The molecule has 0 radical (unpaired) electrons. The molecule has 1 N–H and O–H groups in total. The molecule has 1 aromatic carbocycles. The van der Waals surface area contributed by atoms with Crippen LogP contribution in [0.1, 0.15) is 30.3 Å². The SMILES string of the molecule is CCCc1nc(NC)cc(Oc2cc(C#N)ccc2C)n1. The van der Waals surface area contributed by atoms with Gasteiger partial charge < -0.3 is 10.1 Å². The first-order chi connectivity index (χ1) is 10.2. The Morgan fingerprint density at radius 1 is 1.29 bits per heavy atom. The van der Waals surface area contributed by atoms with Crippen molar-refractivity contribution in [2.24, 2.45) is 0 Å². The zero-order valence-corrected chi connectivity index (χ0v) is 12.5. The van der Waals surface area contributed by atoms with Crippen molar-refractivity contribution < 1.29 is 4.74 Å². The van der Waals surface area contributed by atoms with Gasteiger partial charge in [0.05, 0.1) is 11.6 Å². The van der Waals surface area contributed by atoms with Crippen molar-refractivity contribution in [3.8, 4) is 17.7 Å². The maximum Gasteiger partial charge on any atom is 0.224 e. The predicted molar refractivity (Wildman–Crippen MR) is 81.5 cm³/mol. The van der Waals surface area contributed by atoms with Crippen LogP contribution in [0.15, 0.2) is 24.3 Å². The molecule has 5 nitrogen and oxygen atoms in total. The Balaban J connectivity index is 2.34. The summed E-state index contributed by atoms with van der Waals surface area (Å²) in [6.45, 7) is 4.01. The lowest BCUT2D eigenvalue weighted by Crippen LogP contribution is -2.02. The van der Waals surface area contributed by atoms with Gasteiger partial charge in [-0.2, -0.15) is 10.2 Å². The quantitative estimate of drug-likeness (QED) is 0.909. The fourth-order valence-corrected chi connectivity index (χ4v) is 1.88. The van der Waals surface area contributed by atoms with E-state index in [-0.39, 0.29) is 0 Å². The summed E-state index contributed by atoms with van der Waals surface area (Å²) in [5.41, 5.74) is 1.52. The molecule has 5 heteroatoms. The molecule has 108 valence electrons. The highest BCUT2D eigenvalue weighted by Crippen LogP contribution is 2.26. The fourth-order valence-electron chi connectivity index (χ4n) is 1.88. The molecule has 1 heterocycles. The van der Waals surface area contributed by atoms with Gasteiger partial charge in [0.1, 0.15) is 17.4 Å². The van der Waals surface area contributed by atoms with Crippen molar-refractivity contribution in [1.82, 2.24) is 9.97 Å². The van der Waals surface area contributed by atoms with Gasteiger partial charge in [0.15, 0.2) is 0 Å². The summed E-state index contributed by atoms with van der Waals surface area (Å²) >= 11 is 0. The van der Waals surface area contributed by atoms with Crippen molar-refractivity contribution >= 4 is 5.82 Å². The average Bonchev–Trinajstić information content (AvgIpc) is 2.49. The summed E-state index contributed by atoms with van der Waals surface area (Å²) in [6, 6.07) is 9.21. The topological polar surface area (TPSA) is 70.8 Å². The number of anilines is 1. The van der Waals surface area contributed by atoms with Gasteiger partial charge >= 0.3 is 0 Å². The first-order valence-electron chi connectivity index (χ1n) is 6.90. The van der Waals surface area contributed by atoms with Crippen LogP contribution in [0.3, 0.4) is 0 Å². The van der Waals surface area contributed by atoms with Crippen molar-refractivity contribution in [1.29, 1.82) is 5.26 Å². The lowest BCUT2D eigenvalue weighted by atomic mass is 10.1. The van der Waals surface area contributed by atoms with Crippen molar-refractivity contribution in [2.45, 2.75) is 26.7 Å². The Kier molecular flexibility index (Phi) is 4.72. The van der Waals surface area contributed by atoms with E-state index in [1.807, 2.05) is 20.0 Å². The highest BCUT2D eigenvalue weighted by molar-refractivity contribution is 5.45. The number of nitrogens with zero attached hydrogens (tertiary/aromatic N) is 3. The average molecular weight is 282 g/mol. The van der Waals surface area contributed by atoms with E-state index < -0.39 is 0 Å². The largest absolute Gasteiger partial charge is 0.439 e. The van der Waals surface area contributed by atoms with Crippen molar-refractivity contribution in [3.63, 3.8) is 0 Å². The first kappa shape index (κ1) is 14.8. The minimum atomic E-state index is 0.482. The third-order valence-electron chi connectivity index (χ3n) is 3.01. The number of nitriles is 1. The standard InChI is InChI=1S/C16H18N4O/c1-4-5-14-19-15(18-3)9-16(20-14)21-13-8-12(10-17)7-6-11(13)2/h6-9H,4-5H2,1-3H3,(H,18,19,20). The number of nitrogens with one attached hydrogen (secondary N) is 1. The van der Waals surface area contributed by atoms with Gasteiger partial charge in [-0.15, -0.1) is 0 Å². The number of rotatable bonds is 5. The number of ether oxygens (including phenoxy) is 1. The fraction of sp³-hybridized carbons (Fsp3) is 0.312. The number of hydrogen-bond donors (Lipinski definition) is 1. The van der Waals surface area contributed by atoms with Gasteiger partial charge in [0, 0.05) is 19.5 Å². The molecule has 0 saturated heterocycles. The van der Waals surface area contributed by atoms with Gasteiger partial charge in [0.2, 0.25) is 5.88 Å². The molecule has 0 unspecified atom stereocenters. The summed E-state index contributed by atoms with van der Waals surface area (Å²) in [7, 11) is 1.81. The van der Waals surface area contributed by atoms with Crippen LogP contribution in [0, 0.1) is 18.3 Å². The molecule has 2 aromatic rings. The highest BCUT2D eigenvalue weighted by Gasteiger charge is 2.08. The van der Waals surface area contributed by atoms with Gasteiger partial charge in [0.25, 0.3) is 0 Å². The van der Waals surface area contributed by atoms with E-state index in [4.69, 9.17) is 10.00 Å². The van der Waals surface area contributed by atoms with Crippen LogP contribution >= 0.6 is 0 Å². The van der Waals surface area contributed by atoms with E-state index in [0.717, 1.165) is 30.0 Å². The molecule has 0 fully saturated rings. The molecule has 0 bridgehead atoms. The minimum absolute atomic E-state index is 0.482. The molecule has 0 aliphatic carbocycles. The Bertz CT molecular complexity index is 676. The van der Waals surface area contributed by atoms with Gasteiger partial charge in [-0.25, -0.2) is 4.98 Å². The Morgan fingerprint density at radius 3 is 2.76 bits per heavy atom. The molecule has 0 saturated carbocycles. The smallest absolute Gasteiger partial charge is 0.224 e. The molecule has 0 spiro atoms. The Labute approximate surface area is 124 Å². The summed E-state index contributed by atoms with van der Waals surface area (Å²) in [4.78, 5) is 8.79. The molecule has 2 rings (SSSR count). The summed E-state index contributed by atoms with van der Waals surface area (Å²) in [5, 5.41) is 12.0. The molecule has 21 heavy (non-hydrogen) atoms. The molecule has 1 aromatic heterocycles. The Hall–Kier alpha value is -2.61. The molecule has 0 aliphatic heterocycles. The van der Waals surface area contributed by atoms with Crippen LogP contribution in [0.5, 0.6) is 11.6 Å². The minimum Gasteiger partial charge on any atom is -0.439 e. The third-order valence-corrected chi connectivity index (χ3v) is 3.01. The number of benzene rings is 1. The van der Waals surface area contributed by atoms with E-state index in [1.54, 1.807) is 18.2 Å². The first-order valence-corrected chi connectivity index (χ1v) is 6.90. The summed E-state index contributed by atoms with van der Waals surface area (Å²) < 4.78 is 5.84. The van der Waals surface area contributed by atoms with Crippen molar-refractivity contribution in [3.05, 3.63) is 41.2 Å².